The Labute approximate surface area is 125 Å². The van der Waals surface area contributed by atoms with E-state index in [1.54, 1.807) is 11.1 Å². The van der Waals surface area contributed by atoms with Crippen LogP contribution in [-0.4, -0.2) is 0 Å². The Morgan fingerprint density at radius 1 is 0.895 bits per heavy atom. The second kappa shape index (κ2) is 6.85. The van der Waals surface area contributed by atoms with Crippen molar-refractivity contribution in [3.05, 3.63) is 65.0 Å². The molecule has 1 heterocycles. The molecule has 2 aromatic rings. The van der Waals surface area contributed by atoms with Gasteiger partial charge in [-0.05, 0) is 43.2 Å². The average Bonchev–Trinajstić information content (AvgIpc) is 2.46. The number of aryl methyl sites for hydroxylation is 3. The number of hydrogen-bond acceptors (Lipinski definition) is 0. The molecule has 0 saturated heterocycles. The Morgan fingerprint density at radius 2 is 1.68 bits per heavy atom. The van der Waals surface area contributed by atoms with Gasteiger partial charge in [0.2, 0.25) is 0 Å². The summed E-state index contributed by atoms with van der Waals surface area (Å²) in [5.74, 6) is 0. The summed E-state index contributed by atoms with van der Waals surface area (Å²) >= 11 is 0. The van der Waals surface area contributed by atoms with Crippen LogP contribution in [0.5, 0.6) is 0 Å². The summed E-state index contributed by atoms with van der Waals surface area (Å²) in [5, 5.41) is 0. The zero-order valence-electron chi connectivity index (χ0n) is 11.2. The van der Waals surface area contributed by atoms with Crippen LogP contribution in [0.4, 0.5) is 0 Å². The molecule has 0 saturated carbocycles. The third-order valence-electron chi connectivity index (χ3n) is 3.92. The molecule has 0 atom stereocenters. The summed E-state index contributed by atoms with van der Waals surface area (Å²) in [4.78, 5) is 3.47. The Morgan fingerprint density at radius 3 is 2.53 bits per heavy atom. The highest BCUT2D eigenvalue weighted by Gasteiger charge is 2.17. The van der Waals surface area contributed by atoms with E-state index in [0.717, 1.165) is 12.8 Å². The monoisotopic (exact) mass is 317 g/mol. The van der Waals surface area contributed by atoms with Gasteiger partial charge in [0.15, 0.2) is 11.9 Å². The zero-order valence-corrected chi connectivity index (χ0v) is 12.7. The van der Waals surface area contributed by atoms with Crippen molar-refractivity contribution in [2.75, 3.05) is 0 Å². The molecule has 0 bridgehead atoms. The lowest BCUT2D eigenvalue weighted by molar-refractivity contribution is -0.391. The molecule has 100 valence electrons. The van der Waals surface area contributed by atoms with Crippen LogP contribution in [0.15, 0.2) is 42.6 Å². The van der Waals surface area contributed by atoms with Crippen LogP contribution >= 0.6 is 0 Å². The van der Waals surface area contributed by atoms with Crippen molar-refractivity contribution >= 4 is 0 Å². The van der Waals surface area contributed by atoms with E-state index in [2.05, 4.69) is 47.6 Å². The SMILES string of the molecule is [Br-].c1ccc(CCc2[nH+]ccc3c2CCCC3)cc1. The molecule has 1 aromatic carbocycles. The molecule has 0 radical (unpaired) electrons. The number of pyridine rings is 1. The molecule has 1 nitrogen and oxygen atoms in total. The number of rotatable bonds is 3. The highest BCUT2D eigenvalue weighted by molar-refractivity contribution is 5.30. The minimum absolute atomic E-state index is 0. The first kappa shape index (κ1) is 14.3. The van der Waals surface area contributed by atoms with Crippen molar-refractivity contribution in [2.45, 2.75) is 38.5 Å². The van der Waals surface area contributed by atoms with E-state index >= 15 is 0 Å². The number of aromatic amines is 1. The first-order chi connectivity index (χ1) is 8.93. The highest BCUT2D eigenvalue weighted by Crippen LogP contribution is 2.22. The molecule has 3 rings (SSSR count). The van der Waals surface area contributed by atoms with Crippen LogP contribution < -0.4 is 22.0 Å². The van der Waals surface area contributed by atoms with Gasteiger partial charge < -0.3 is 17.0 Å². The molecule has 0 fully saturated rings. The van der Waals surface area contributed by atoms with Gasteiger partial charge in [-0.15, -0.1) is 0 Å². The smallest absolute Gasteiger partial charge is 0.183 e. The molecule has 1 N–H and O–H groups in total. The second-order valence-electron chi connectivity index (χ2n) is 5.15. The van der Waals surface area contributed by atoms with Crippen molar-refractivity contribution in [1.82, 2.24) is 0 Å². The van der Waals surface area contributed by atoms with E-state index < -0.39 is 0 Å². The largest absolute Gasteiger partial charge is 1.00 e. The maximum atomic E-state index is 3.47. The van der Waals surface area contributed by atoms with Crippen LogP contribution in [-0.2, 0) is 25.7 Å². The third kappa shape index (κ3) is 3.44. The van der Waals surface area contributed by atoms with Gasteiger partial charge in [0.25, 0.3) is 0 Å². The number of nitrogens with one attached hydrogen (secondary N) is 1. The lowest BCUT2D eigenvalue weighted by atomic mass is 9.89. The summed E-state index contributed by atoms with van der Waals surface area (Å²) < 4.78 is 0. The molecule has 0 unspecified atom stereocenters. The van der Waals surface area contributed by atoms with Gasteiger partial charge in [-0.25, -0.2) is 4.98 Å². The molecule has 1 aliphatic carbocycles. The number of H-pyrrole nitrogens is 1. The minimum Gasteiger partial charge on any atom is -1.00 e. The maximum absolute atomic E-state index is 3.47. The van der Waals surface area contributed by atoms with Crippen molar-refractivity contribution in [2.24, 2.45) is 0 Å². The van der Waals surface area contributed by atoms with Crippen LogP contribution in [0.3, 0.4) is 0 Å². The molecule has 1 aliphatic rings. The van der Waals surface area contributed by atoms with E-state index in [-0.39, 0.29) is 17.0 Å². The number of aromatic nitrogens is 1. The van der Waals surface area contributed by atoms with E-state index in [0.29, 0.717) is 0 Å². The Bertz CT molecular complexity index is 522. The van der Waals surface area contributed by atoms with Gasteiger partial charge in [0, 0.05) is 18.1 Å². The Balaban J connectivity index is 0.00000133. The fraction of sp³-hybridized carbons (Fsp3) is 0.353. The van der Waals surface area contributed by atoms with E-state index in [1.807, 2.05) is 0 Å². The van der Waals surface area contributed by atoms with Gasteiger partial charge in [0.05, 0.1) is 0 Å². The van der Waals surface area contributed by atoms with Gasteiger partial charge in [-0.3, -0.25) is 0 Å². The summed E-state index contributed by atoms with van der Waals surface area (Å²) in [5.41, 5.74) is 6.05. The van der Waals surface area contributed by atoms with Crippen LogP contribution in [0.25, 0.3) is 0 Å². The van der Waals surface area contributed by atoms with Crippen LogP contribution in [0, 0.1) is 0 Å². The Hall–Kier alpha value is -1.15. The summed E-state index contributed by atoms with van der Waals surface area (Å²) in [7, 11) is 0. The lowest BCUT2D eigenvalue weighted by Gasteiger charge is -2.15. The Kier molecular flexibility index (Phi) is 5.15. The van der Waals surface area contributed by atoms with Crippen molar-refractivity contribution in [3.8, 4) is 0 Å². The summed E-state index contributed by atoms with van der Waals surface area (Å²) in [6, 6.07) is 13.0. The number of hydrogen-bond donors (Lipinski definition) is 0. The first-order valence-electron chi connectivity index (χ1n) is 6.99. The molecular weight excluding hydrogens is 298 g/mol. The molecule has 1 aromatic heterocycles. The first-order valence-corrected chi connectivity index (χ1v) is 6.99. The quantitative estimate of drug-likeness (QED) is 0.766. The molecule has 2 heteroatoms. The number of benzene rings is 1. The third-order valence-corrected chi connectivity index (χ3v) is 3.92. The molecule has 19 heavy (non-hydrogen) atoms. The van der Waals surface area contributed by atoms with Crippen molar-refractivity contribution in [3.63, 3.8) is 0 Å². The zero-order chi connectivity index (χ0) is 12.2. The normalized spacial score (nSPS) is 13.5. The molecular formula is C17H20BrN. The standard InChI is InChI=1S/C17H19N.BrH/c1-2-6-14(7-3-1)10-11-17-16-9-5-4-8-15(16)12-13-18-17;/h1-3,6-7,12-13H,4-5,8-11H2;1H. The lowest BCUT2D eigenvalue weighted by Crippen LogP contribution is -3.00. The minimum atomic E-state index is 0. The fourth-order valence-corrected chi connectivity index (χ4v) is 2.92. The second-order valence-corrected chi connectivity index (χ2v) is 5.15. The van der Waals surface area contributed by atoms with Crippen LogP contribution in [0.1, 0.15) is 35.2 Å². The predicted molar refractivity (Wildman–Crippen MR) is 73.5 cm³/mol. The van der Waals surface area contributed by atoms with Gasteiger partial charge in [-0.1, -0.05) is 30.3 Å². The molecule has 0 spiro atoms. The highest BCUT2D eigenvalue weighted by atomic mass is 79.9. The topological polar surface area (TPSA) is 14.1 Å². The molecule has 0 amide bonds. The van der Waals surface area contributed by atoms with E-state index in [4.69, 9.17) is 0 Å². The van der Waals surface area contributed by atoms with Gasteiger partial charge in [0.1, 0.15) is 0 Å². The summed E-state index contributed by atoms with van der Waals surface area (Å²) in [6.07, 6.45) is 9.61. The van der Waals surface area contributed by atoms with Crippen LogP contribution in [0.2, 0.25) is 0 Å². The average molecular weight is 318 g/mol. The maximum Gasteiger partial charge on any atom is 0.183 e. The number of fused-ring (bicyclic) bond motifs is 1. The van der Waals surface area contributed by atoms with Crippen molar-refractivity contribution in [1.29, 1.82) is 0 Å². The summed E-state index contributed by atoms with van der Waals surface area (Å²) in [6.45, 7) is 0. The fourth-order valence-electron chi connectivity index (χ4n) is 2.92. The molecule has 0 aliphatic heterocycles. The van der Waals surface area contributed by atoms with E-state index in [1.165, 1.54) is 36.9 Å². The predicted octanol–water partition coefficient (Wildman–Crippen LogP) is 0.169. The van der Waals surface area contributed by atoms with Gasteiger partial charge >= 0.3 is 0 Å². The van der Waals surface area contributed by atoms with Crippen molar-refractivity contribution < 1.29 is 22.0 Å². The van der Waals surface area contributed by atoms with E-state index in [9.17, 15) is 0 Å². The number of halogens is 1. The van der Waals surface area contributed by atoms with Gasteiger partial charge in [-0.2, -0.15) is 0 Å².